The zero-order chi connectivity index (χ0) is 14.3. The standard InChI is InChI=1S/C13H9F2NO3S/c14-11-5-4-8(6-12(11)15)10-3-1-2-9-7-16-20(17,18)19-13(9)10/h1-6,16H,7H2. The highest BCUT2D eigenvalue weighted by atomic mass is 32.2. The van der Waals surface area contributed by atoms with Crippen LogP contribution in [0.1, 0.15) is 5.56 Å². The lowest BCUT2D eigenvalue weighted by atomic mass is 10.0. The Morgan fingerprint density at radius 1 is 1.10 bits per heavy atom. The number of hydrogen-bond donors (Lipinski definition) is 1. The topological polar surface area (TPSA) is 55.4 Å². The number of hydrogen-bond acceptors (Lipinski definition) is 3. The molecule has 0 unspecified atom stereocenters. The summed E-state index contributed by atoms with van der Waals surface area (Å²) in [6.07, 6.45) is 0. The molecule has 104 valence electrons. The third kappa shape index (κ3) is 2.25. The van der Waals surface area contributed by atoms with Gasteiger partial charge < -0.3 is 4.18 Å². The van der Waals surface area contributed by atoms with Gasteiger partial charge in [-0.05, 0) is 17.7 Å². The fraction of sp³-hybridized carbons (Fsp3) is 0.0769. The fourth-order valence-corrected chi connectivity index (χ4v) is 2.83. The first-order chi connectivity index (χ1) is 9.46. The monoisotopic (exact) mass is 297 g/mol. The Kier molecular flexibility index (Phi) is 2.95. The molecule has 4 nitrogen and oxygen atoms in total. The molecular weight excluding hydrogens is 288 g/mol. The van der Waals surface area contributed by atoms with Crippen LogP contribution < -0.4 is 8.91 Å². The summed E-state index contributed by atoms with van der Waals surface area (Å²) < 4.78 is 56.3. The lowest BCUT2D eigenvalue weighted by molar-refractivity contribution is 0.454. The number of nitrogens with one attached hydrogen (secondary N) is 1. The first kappa shape index (κ1) is 13.0. The van der Waals surface area contributed by atoms with Crippen molar-refractivity contribution in [3.05, 3.63) is 53.6 Å². The van der Waals surface area contributed by atoms with Gasteiger partial charge in [0, 0.05) is 17.7 Å². The van der Waals surface area contributed by atoms with Crippen LogP contribution in [0.2, 0.25) is 0 Å². The maximum Gasteiger partial charge on any atom is 0.382 e. The normalized spacial score (nSPS) is 16.3. The number of rotatable bonds is 1. The Bertz CT molecular complexity index is 790. The van der Waals surface area contributed by atoms with Gasteiger partial charge in [0.1, 0.15) is 0 Å². The van der Waals surface area contributed by atoms with Crippen molar-refractivity contribution in [2.75, 3.05) is 0 Å². The quantitative estimate of drug-likeness (QED) is 0.879. The summed E-state index contributed by atoms with van der Waals surface area (Å²) in [5.74, 6) is -1.83. The van der Waals surface area contributed by atoms with Gasteiger partial charge in [-0.3, -0.25) is 0 Å². The molecular formula is C13H9F2NO3S. The third-order valence-electron chi connectivity index (χ3n) is 2.96. The highest BCUT2D eigenvalue weighted by molar-refractivity contribution is 7.85. The predicted octanol–water partition coefficient (Wildman–Crippen LogP) is 2.36. The van der Waals surface area contributed by atoms with E-state index in [4.69, 9.17) is 4.18 Å². The highest BCUT2D eigenvalue weighted by Gasteiger charge is 2.24. The van der Waals surface area contributed by atoms with Gasteiger partial charge in [-0.15, -0.1) is 0 Å². The molecule has 2 aromatic rings. The molecule has 2 aromatic carbocycles. The molecule has 0 saturated carbocycles. The van der Waals surface area contributed by atoms with E-state index in [-0.39, 0.29) is 12.3 Å². The van der Waals surface area contributed by atoms with Crippen LogP contribution in [-0.4, -0.2) is 8.42 Å². The molecule has 0 fully saturated rings. The van der Waals surface area contributed by atoms with E-state index in [2.05, 4.69) is 4.72 Å². The van der Waals surface area contributed by atoms with Gasteiger partial charge >= 0.3 is 10.3 Å². The number of para-hydroxylation sites is 1. The van der Waals surface area contributed by atoms with Gasteiger partial charge in [-0.2, -0.15) is 13.1 Å². The molecule has 0 amide bonds. The fourth-order valence-electron chi connectivity index (χ4n) is 2.02. The zero-order valence-electron chi connectivity index (χ0n) is 10.1. The van der Waals surface area contributed by atoms with Crippen molar-refractivity contribution in [2.45, 2.75) is 6.54 Å². The summed E-state index contributed by atoms with van der Waals surface area (Å²) in [5, 5.41) is 0. The van der Waals surface area contributed by atoms with Crippen LogP contribution in [0, 0.1) is 11.6 Å². The van der Waals surface area contributed by atoms with E-state index in [0.29, 0.717) is 16.7 Å². The first-order valence-corrected chi connectivity index (χ1v) is 7.13. The van der Waals surface area contributed by atoms with Crippen LogP contribution in [0.25, 0.3) is 11.1 Å². The summed E-state index contributed by atoms with van der Waals surface area (Å²) >= 11 is 0. The lowest BCUT2D eigenvalue weighted by Crippen LogP contribution is -2.32. The Morgan fingerprint density at radius 3 is 2.65 bits per heavy atom. The molecule has 0 aliphatic carbocycles. The van der Waals surface area contributed by atoms with Crippen molar-refractivity contribution < 1.29 is 21.4 Å². The third-order valence-corrected chi connectivity index (χ3v) is 3.84. The molecule has 0 aromatic heterocycles. The van der Waals surface area contributed by atoms with Crippen molar-refractivity contribution in [3.63, 3.8) is 0 Å². The van der Waals surface area contributed by atoms with Crippen LogP contribution in [0.4, 0.5) is 8.78 Å². The lowest BCUT2D eigenvalue weighted by Gasteiger charge is -2.20. The molecule has 1 aliphatic heterocycles. The highest BCUT2D eigenvalue weighted by Crippen LogP contribution is 2.36. The van der Waals surface area contributed by atoms with E-state index in [1.807, 2.05) is 0 Å². The number of fused-ring (bicyclic) bond motifs is 1. The summed E-state index contributed by atoms with van der Waals surface area (Å²) in [6, 6.07) is 8.33. The molecule has 1 aliphatic rings. The second-order valence-electron chi connectivity index (χ2n) is 4.28. The number of halogens is 2. The maximum absolute atomic E-state index is 13.3. The van der Waals surface area contributed by atoms with Gasteiger partial charge in [0.05, 0.1) is 0 Å². The van der Waals surface area contributed by atoms with E-state index in [0.717, 1.165) is 12.1 Å². The minimum Gasteiger partial charge on any atom is -0.370 e. The molecule has 0 bridgehead atoms. The maximum atomic E-state index is 13.3. The Morgan fingerprint density at radius 2 is 1.90 bits per heavy atom. The largest absolute Gasteiger partial charge is 0.382 e. The van der Waals surface area contributed by atoms with Crippen LogP contribution in [0.3, 0.4) is 0 Å². The minimum absolute atomic E-state index is 0.0924. The average molecular weight is 297 g/mol. The Hall–Kier alpha value is -1.99. The molecule has 0 atom stereocenters. The second kappa shape index (κ2) is 4.53. The molecule has 1 N–H and O–H groups in total. The van der Waals surface area contributed by atoms with Gasteiger partial charge in [-0.1, -0.05) is 24.3 Å². The molecule has 20 heavy (non-hydrogen) atoms. The van der Waals surface area contributed by atoms with Gasteiger partial charge in [0.25, 0.3) is 0 Å². The van der Waals surface area contributed by atoms with E-state index < -0.39 is 21.9 Å². The van der Waals surface area contributed by atoms with Crippen LogP contribution in [-0.2, 0) is 16.8 Å². The van der Waals surface area contributed by atoms with Crippen molar-refractivity contribution >= 4 is 10.3 Å². The molecule has 1 heterocycles. The summed E-state index contributed by atoms with van der Waals surface area (Å²) in [6.45, 7) is 0.0924. The summed E-state index contributed by atoms with van der Waals surface area (Å²) in [4.78, 5) is 0. The van der Waals surface area contributed by atoms with Crippen molar-refractivity contribution in [1.29, 1.82) is 0 Å². The van der Waals surface area contributed by atoms with Gasteiger partial charge in [0.2, 0.25) is 0 Å². The van der Waals surface area contributed by atoms with Crippen LogP contribution in [0.5, 0.6) is 5.75 Å². The van der Waals surface area contributed by atoms with E-state index >= 15 is 0 Å². The van der Waals surface area contributed by atoms with Crippen LogP contribution >= 0.6 is 0 Å². The number of benzene rings is 2. The zero-order valence-corrected chi connectivity index (χ0v) is 10.9. The summed E-state index contributed by atoms with van der Waals surface area (Å²) in [7, 11) is -3.86. The van der Waals surface area contributed by atoms with Gasteiger partial charge in [-0.25, -0.2) is 8.78 Å². The molecule has 0 spiro atoms. The van der Waals surface area contributed by atoms with Gasteiger partial charge in [0.15, 0.2) is 17.4 Å². The predicted molar refractivity (Wildman–Crippen MR) is 68.2 cm³/mol. The van der Waals surface area contributed by atoms with E-state index in [1.165, 1.54) is 6.07 Å². The molecule has 3 rings (SSSR count). The minimum atomic E-state index is -3.86. The Balaban J connectivity index is 2.18. The van der Waals surface area contributed by atoms with E-state index in [1.54, 1.807) is 18.2 Å². The average Bonchev–Trinajstić information content (AvgIpc) is 2.40. The summed E-state index contributed by atoms with van der Waals surface area (Å²) in [5.41, 5.74) is 1.37. The van der Waals surface area contributed by atoms with Crippen molar-refractivity contribution in [1.82, 2.24) is 4.72 Å². The Labute approximate surface area is 114 Å². The smallest absolute Gasteiger partial charge is 0.370 e. The van der Waals surface area contributed by atoms with Crippen LogP contribution in [0.15, 0.2) is 36.4 Å². The van der Waals surface area contributed by atoms with Crippen molar-refractivity contribution in [2.24, 2.45) is 0 Å². The SMILES string of the molecule is O=S1(=O)NCc2cccc(-c3ccc(F)c(F)c3)c2O1. The molecule has 0 radical (unpaired) electrons. The second-order valence-corrected chi connectivity index (χ2v) is 5.64. The molecule has 7 heteroatoms. The van der Waals surface area contributed by atoms with E-state index in [9.17, 15) is 17.2 Å². The molecule has 0 saturated heterocycles. The first-order valence-electron chi connectivity index (χ1n) is 5.73. The van der Waals surface area contributed by atoms with Crippen molar-refractivity contribution in [3.8, 4) is 16.9 Å².